The van der Waals surface area contributed by atoms with Crippen LogP contribution in [-0.2, 0) is 6.54 Å². The second-order valence-corrected chi connectivity index (χ2v) is 4.68. The van der Waals surface area contributed by atoms with E-state index in [0.29, 0.717) is 13.2 Å². The van der Waals surface area contributed by atoms with E-state index in [2.05, 4.69) is 22.4 Å². The van der Waals surface area contributed by atoms with Gasteiger partial charge in [-0.15, -0.1) is 0 Å². The van der Waals surface area contributed by atoms with Gasteiger partial charge < -0.3 is 15.0 Å². The Morgan fingerprint density at radius 1 is 1.55 bits per heavy atom. The number of urea groups is 1. The number of amides is 2. The molecule has 0 aliphatic carbocycles. The number of hydrazone groups is 1. The zero-order valence-electron chi connectivity index (χ0n) is 12.4. The monoisotopic (exact) mass is 301 g/mol. The predicted molar refractivity (Wildman–Crippen MR) is 83.9 cm³/mol. The molecule has 0 unspecified atom stereocenters. The summed E-state index contributed by atoms with van der Waals surface area (Å²) in [6.07, 6.45) is 7.84. The van der Waals surface area contributed by atoms with Gasteiger partial charge in [-0.1, -0.05) is 6.92 Å². The Hall–Kier alpha value is -2.83. The van der Waals surface area contributed by atoms with E-state index in [4.69, 9.17) is 10.5 Å². The van der Waals surface area contributed by atoms with Crippen LogP contribution in [0.25, 0.3) is 0 Å². The number of carbonyl (C=O) groups excluding carboxylic acids is 1. The number of benzene rings is 1. The zero-order chi connectivity index (χ0) is 15.8. The number of nitrogens with two attached hydrogens (primary N) is 1. The molecule has 0 aliphatic heterocycles. The molecule has 0 aliphatic rings. The fourth-order valence-electron chi connectivity index (χ4n) is 1.90. The van der Waals surface area contributed by atoms with Crippen LogP contribution in [0.3, 0.4) is 0 Å². The number of primary amides is 1. The summed E-state index contributed by atoms with van der Waals surface area (Å²) in [6.45, 7) is 3.36. The molecular formula is C15H19N5O2. The van der Waals surface area contributed by atoms with E-state index in [9.17, 15) is 4.79 Å². The molecule has 22 heavy (non-hydrogen) atoms. The highest BCUT2D eigenvalue weighted by molar-refractivity contribution is 5.82. The van der Waals surface area contributed by atoms with Gasteiger partial charge in [0.05, 0.1) is 25.7 Å². The molecule has 1 heterocycles. The molecule has 0 fully saturated rings. The first-order valence-electron chi connectivity index (χ1n) is 6.99. The minimum absolute atomic E-state index is 0.643. The van der Waals surface area contributed by atoms with Crippen molar-refractivity contribution in [2.75, 3.05) is 6.61 Å². The minimum atomic E-state index is -0.696. The van der Waals surface area contributed by atoms with Crippen LogP contribution in [0.15, 0.2) is 42.0 Å². The molecule has 1 aromatic carbocycles. The first-order valence-corrected chi connectivity index (χ1v) is 6.99. The van der Waals surface area contributed by atoms with Gasteiger partial charge in [-0.3, -0.25) is 0 Å². The Morgan fingerprint density at radius 3 is 3.09 bits per heavy atom. The van der Waals surface area contributed by atoms with Gasteiger partial charge in [-0.25, -0.2) is 15.2 Å². The summed E-state index contributed by atoms with van der Waals surface area (Å²) in [6, 6.07) is 5.03. The van der Waals surface area contributed by atoms with Crippen LogP contribution in [0.1, 0.15) is 24.5 Å². The smallest absolute Gasteiger partial charge is 0.332 e. The first-order chi connectivity index (χ1) is 10.7. The Labute approximate surface area is 128 Å². The van der Waals surface area contributed by atoms with Crippen molar-refractivity contribution in [2.24, 2.45) is 10.8 Å². The number of carbonyl (C=O) groups is 1. The molecule has 2 aromatic rings. The highest BCUT2D eigenvalue weighted by Gasteiger charge is 2.06. The van der Waals surface area contributed by atoms with E-state index in [1.165, 1.54) is 6.21 Å². The van der Waals surface area contributed by atoms with Crippen molar-refractivity contribution >= 4 is 12.2 Å². The van der Waals surface area contributed by atoms with Gasteiger partial charge in [0.1, 0.15) is 5.75 Å². The fourth-order valence-corrected chi connectivity index (χ4v) is 1.90. The molecular weight excluding hydrogens is 282 g/mol. The van der Waals surface area contributed by atoms with Gasteiger partial charge in [-0.05, 0) is 30.2 Å². The second kappa shape index (κ2) is 7.82. The lowest BCUT2D eigenvalue weighted by Gasteiger charge is -2.12. The molecule has 0 atom stereocenters. The summed E-state index contributed by atoms with van der Waals surface area (Å²) in [7, 11) is 0. The Bertz CT molecular complexity index is 637. The normalized spacial score (nSPS) is 10.8. The maximum atomic E-state index is 10.6. The van der Waals surface area contributed by atoms with Gasteiger partial charge in [0, 0.05) is 18.0 Å². The molecule has 7 heteroatoms. The predicted octanol–water partition coefficient (Wildman–Crippen LogP) is 1.72. The van der Waals surface area contributed by atoms with E-state index in [1.807, 2.05) is 29.0 Å². The summed E-state index contributed by atoms with van der Waals surface area (Å²) in [5.41, 5.74) is 8.98. The minimum Gasteiger partial charge on any atom is -0.493 e. The summed E-state index contributed by atoms with van der Waals surface area (Å²) in [4.78, 5) is 14.6. The van der Waals surface area contributed by atoms with Crippen molar-refractivity contribution in [3.8, 4) is 5.75 Å². The Morgan fingerprint density at radius 2 is 2.41 bits per heavy atom. The maximum absolute atomic E-state index is 10.6. The number of ether oxygens (including phenoxy) is 1. The van der Waals surface area contributed by atoms with Crippen LogP contribution < -0.4 is 15.9 Å². The average Bonchev–Trinajstić information content (AvgIpc) is 2.99. The summed E-state index contributed by atoms with van der Waals surface area (Å²) in [5.74, 6) is 0.829. The van der Waals surface area contributed by atoms with Crippen molar-refractivity contribution in [1.29, 1.82) is 0 Å². The third kappa shape index (κ3) is 4.62. The largest absolute Gasteiger partial charge is 0.493 e. The summed E-state index contributed by atoms with van der Waals surface area (Å²) in [5, 5.41) is 3.76. The summed E-state index contributed by atoms with van der Waals surface area (Å²) >= 11 is 0. The zero-order valence-corrected chi connectivity index (χ0v) is 12.4. The number of rotatable bonds is 7. The number of aromatic nitrogens is 2. The van der Waals surface area contributed by atoms with E-state index in [0.717, 1.165) is 23.3 Å². The molecule has 3 N–H and O–H groups in total. The van der Waals surface area contributed by atoms with Crippen LogP contribution in [0.4, 0.5) is 4.79 Å². The lowest BCUT2D eigenvalue weighted by Crippen LogP contribution is -2.24. The number of nitrogens with zero attached hydrogens (tertiary/aromatic N) is 3. The molecule has 0 bridgehead atoms. The quantitative estimate of drug-likeness (QED) is 0.602. The van der Waals surface area contributed by atoms with E-state index < -0.39 is 6.03 Å². The fraction of sp³-hybridized carbons (Fsp3) is 0.267. The van der Waals surface area contributed by atoms with Crippen molar-refractivity contribution in [3.05, 3.63) is 48.0 Å². The third-order valence-electron chi connectivity index (χ3n) is 2.85. The average molecular weight is 301 g/mol. The number of hydrogen-bond acceptors (Lipinski definition) is 4. The Balaban J connectivity index is 2.20. The Kier molecular flexibility index (Phi) is 5.53. The van der Waals surface area contributed by atoms with Crippen molar-refractivity contribution in [2.45, 2.75) is 19.9 Å². The van der Waals surface area contributed by atoms with Gasteiger partial charge in [0.25, 0.3) is 0 Å². The highest BCUT2D eigenvalue weighted by atomic mass is 16.5. The number of hydrogen-bond donors (Lipinski definition) is 2. The van der Waals surface area contributed by atoms with Crippen molar-refractivity contribution in [1.82, 2.24) is 15.0 Å². The third-order valence-corrected chi connectivity index (χ3v) is 2.85. The number of nitrogens with one attached hydrogen (secondary N) is 1. The maximum Gasteiger partial charge on any atom is 0.332 e. The van der Waals surface area contributed by atoms with Crippen LogP contribution >= 0.6 is 0 Å². The van der Waals surface area contributed by atoms with Gasteiger partial charge in [0.2, 0.25) is 0 Å². The lowest BCUT2D eigenvalue weighted by atomic mass is 10.1. The SMILES string of the molecule is CCCOc1ccc(C=NNC(N)=O)cc1Cn1ccnc1. The topological polar surface area (TPSA) is 94.5 Å². The molecule has 0 saturated carbocycles. The lowest BCUT2D eigenvalue weighted by molar-refractivity contribution is 0.249. The van der Waals surface area contributed by atoms with Crippen LogP contribution in [0.2, 0.25) is 0 Å². The van der Waals surface area contributed by atoms with Gasteiger partial charge in [0.15, 0.2) is 0 Å². The molecule has 1 aromatic heterocycles. The molecule has 0 radical (unpaired) electrons. The molecule has 0 spiro atoms. The molecule has 2 amide bonds. The van der Waals surface area contributed by atoms with Gasteiger partial charge in [-0.2, -0.15) is 5.10 Å². The molecule has 2 rings (SSSR count). The molecule has 0 saturated heterocycles. The van der Waals surface area contributed by atoms with Crippen molar-refractivity contribution < 1.29 is 9.53 Å². The first kappa shape index (κ1) is 15.6. The van der Waals surface area contributed by atoms with Crippen LogP contribution in [-0.4, -0.2) is 28.4 Å². The van der Waals surface area contributed by atoms with Crippen LogP contribution in [0.5, 0.6) is 5.75 Å². The van der Waals surface area contributed by atoms with E-state index in [1.54, 1.807) is 12.5 Å². The summed E-state index contributed by atoms with van der Waals surface area (Å²) < 4.78 is 7.72. The second-order valence-electron chi connectivity index (χ2n) is 4.68. The highest BCUT2D eigenvalue weighted by Crippen LogP contribution is 2.21. The number of imidazole rings is 1. The van der Waals surface area contributed by atoms with E-state index >= 15 is 0 Å². The van der Waals surface area contributed by atoms with Gasteiger partial charge >= 0.3 is 6.03 Å². The molecule has 116 valence electrons. The molecule has 7 nitrogen and oxygen atoms in total. The van der Waals surface area contributed by atoms with Crippen molar-refractivity contribution in [3.63, 3.8) is 0 Å². The standard InChI is InChI=1S/C15H19N5O2/c1-2-7-22-14-4-3-12(9-18-19-15(16)21)8-13(14)10-20-6-5-17-11-20/h3-6,8-9,11H,2,7,10H2,1H3,(H3,16,19,21). The van der Waals surface area contributed by atoms with E-state index in [-0.39, 0.29) is 0 Å². The van der Waals surface area contributed by atoms with Crippen LogP contribution in [0, 0.1) is 0 Å².